The van der Waals surface area contributed by atoms with E-state index < -0.39 is 9.84 Å². The molecule has 1 heterocycles. The van der Waals surface area contributed by atoms with Gasteiger partial charge in [0.1, 0.15) is 0 Å². The fourth-order valence-electron chi connectivity index (χ4n) is 3.17. The second kappa shape index (κ2) is 10.5. The number of aliphatic imine (C=N–C) groups is 1. The van der Waals surface area contributed by atoms with Crippen molar-refractivity contribution in [2.45, 2.75) is 39.7 Å². The maximum absolute atomic E-state index is 11.5. The molecule has 7 heteroatoms. The van der Waals surface area contributed by atoms with Gasteiger partial charge in [0.2, 0.25) is 0 Å². The van der Waals surface area contributed by atoms with E-state index in [4.69, 9.17) is 0 Å². The highest BCUT2D eigenvalue weighted by Crippen LogP contribution is 2.18. The van der Waals surface area contributed by atoms with Gasteiger partial charge in [0.25, 0.3) is 0 Å². The zero-order valence-corrected chi connectivity index (χ0v) is 19.3. The van der Waals surface area contributed by atoms with Crippen LogP contribution >= 0.6 is 24.0 Å². The van der Waals surface area contributed by atoms with Crippen LogP contribution in [0.15, 0.2) is 29.3 Å². The standard InChI is InChI=1S/C19H31N3O2S.HI/c1-14(2)11-16-5-7-18(8-6-16)15(3)22-19(20-4)21-12-17-9-10-25(23,24)13-17;/h5-8,14-15,17H,9-13H2,1-4H3,(H2,20,21,22);1H. The van der Waals surface area contributed by atoms with Crippen molar-refractivity contribution in [2.75, 3.05) is 25.1 Å². The molecule has 2 atom stereocenters. The first-order valence-electron chi connectivity index (χ1n) is 9.05. The molecule has 1 aromatic carbocycles. The van der Waals surface area contributed by atoms with Gasteiger partial charge in [-0.1, -0.05) is 38.1 Å². The van der Waals surface area contributed by atoms with E-state index in [2.05, 4.69) is 60.7 Å². The van der Waals surface area contributed by atoms with Gasteiger partial charge in [-0.25, -0.2) is 8.42 Å². The molecule has 1 aromatic rings. The second-order valence-corrected chi connectivity index (χ2v) is 9.66. The Bertz CT molecular complexity index is 687. The molecule has 1 fully saturated rings. The average molecular weight is 493 g/mol. The van der Waals surface area contributed by atoms with Crippen molar-refractivity contribution in [1.82, 2.24) is 10.6 Å². The lowest BCUT2D eigenvalue weighted by Crippen LogP contribution is -2.41. The summed E-state index contributed by atoms with van der Waals surface area (Å²) in [6.07, 6.45) is 1.83. The molecule has 0 saturated carbocycles. The van der Waals surface area contributed by atoms with E-state index in [1.54, 1.807) is 7.05 Å². The average Bonchev–Trinajstić information content (AvgIpc) is 2.90. The SMILES string of the molecule is CN=C(NCC1CCS(=O)(=O)C1)NC(C)c1ccc(CC(C)C)cc1.I. The summed E-state index contributed by atoms with van der Waals surface area (Å²) in [6.45, 7) is 7.19. The summed E-state index contributed by atoms with van der Waals surface area (Å²) in [5.74, 6) is 2.13. The quantitative estimate of drug-likeness (QED) is 0.363. The van der Waals surface area contributed by atoms with Gasteiger partial charge in [-0.15, -0.1) is 24.0 Å². The lowest BCUT2D eigenvalue weighted by molar-refractivity contribution is 0.562. The van der Waals surface area contributed by atoms with Crippen LogP contribution in [-0.2, 0) is 16.3 Å². The molecule has 1 aliphatic rings. The molecule has 0 spiro atoms. The number of hydrogen-bond donors (Lipinski definition) is 2. The third-order valence-corrected chi connectivity index (χ3v) is 6.42. The smallest absolute Gasteiger partial charge is 0.191 e. The van der Waals surface area contributed by atoms with E-state index in [1.807, 2.05) is 0 Å². The van der Waals surface area contributed by atoms with Crippen LogP contribution < -0.4 is 10.6 Å². The van der Waals surface area contributed by atoms with E-state index in [0.717, 1.165) is 12.8 Å². The first kappa shape index (κ1) is 23.2. The van der Waals surface area contributed by atoms with Crippen LogP contribution in [0.3, 0.4) is 0 Å². The van der Waals surface area contributed by atoms with Crippen LogP contribution in [0.4, 0.5) is 0 Å². The largest absolute Gasteiger partial charge is 0.356 e. The number of sulfone groups is 1. The lowest BCUT2D eigenvalue weighted by atomic mass is 10.00. The van der Waals surface area contributed by atoms with Crippen molar-refractivity contribution < 1.29 is 8.42 Å². The summed E-state index contributed by atoms with van der Waals surface area (Å²) in [5, 5.41) is 6.64. The third kappa shape index (κ3) is 7.42. The molecule has 0 bridgehead atoms. The predicted octanol–water partition coefficient (Wildman–Crippen LogP) is 3.16. The molecule has 2 unspecified atom stereocenters. The minimum atomic E-state index is -2.83. The Morgan fingerprint density at radius 2 is 1.88 bits per heavy atom. The Morgan fingerprint density at radius 3 is 2.38 bits per heavy atom. The van der Waals surface area contributed by atoms with Crippen LogP contribution in [0, 0.1) is 11.8 Å². The number of nitrogens with one attached hydrogen (secondary N) is 2. The van der Waals surface area contributed by atoms with E-state index in [-0.39, 0.29) is 41.7 Å². The highest BCUT2D eigenvalue weighted by molar-refractivity contribution is 14.0. The Kier molecular flexibility index (Phi) is 9.36. The van der Waals surface area contributed by atoms with Gasteiger partial charge in [-0.2, -0.15) is 0 Å². The number of rotatable bonds is 6. The highest BCUT2D eigenvalue weighted by Gasteiger charge is 2.27. The van der Waals surface area contributed by atoms with Crippen LogP contribution in [0.2, 0.25) is 0 Å². The molecule has 2 rings (SSSR count). The summed E-state index contributed by atoms with van der Waals surface area (Å²) >= 11 is 0. The molecule has 5 nitrogen and oxygen atoms in total. The zero-order chi connectivity index (χ0) is 18.4. The number of nitrogens with zero attached hydrogens (tertiary/aromatic N) is 1. The van der Waals surface area contributed by atoms with Crippen molar-refractivity contribution in [2.24, 2.45) is 16.8 Å². The van der Waals surface area contributed by atoms with Gasteiger partial charge in [0.15, 0.2) is 15.8 Å². The van der Waals surface area contributed by atoms with E-state index in [9.17, 15) is 8.42 Å². The predicted molar refractivity (Wildman–Crippen MR) is 120 cm³/mol. The van der Waals surface area contributed by atoms with Gasteiger partial charge in [0.05, 0.1) is 17.5 Å². The molecule has 0 radical (unpaired) electrons. The third-order valence-electron chi connectivity index (χ3n) is 4.59. The lowest BCUT2D eigenvalue weighted by Gasteiger charge is -2.20. The number of benzene rings is 1. The van der Waals surface area contributed by atoms with Gasteiger partial charge < -0.3 is 10.6 Å². The van der Waals surface area contributed by atoms with Gasteiger partial charge in [0, 0.05) is 13.6 Å². The molecule has 26 heavy (non-hydrogen) atoms. The van der Waals surface area contributed by atoms with Crippen molar-refractivity contribution in [3.63, 3.8) is 0 Å². The number of hydrogen-bond acceptors (Lipinski definition) is 3. The molecule has 0 aliphatic carbocycles. The van der Waals surface area contributed by atoms with Crippen molar-refractivity contribution >= 4 is 39.8 Å². The summed E-state index contributed by atoms with van der Waals surface area (Å²) in [7, 11) is -1.09. The molecule has 0 aromatic heterocycles. The Hall–Kier alpha value is -0.830. The van der Waals surface area contributed by atoms with Gasteiger partial charge >= 0.3 is 0 Å². The summed E-state index contributed by atoms with van der Waals surface area (Å²) in [5.41, 5.74) is 2.56. The monoisotopic (exact) mass is 493 g/mol. The van der Waals surface area contributed by atoms with Gasteiger partial charge in [-0.3, -0.25) is 4.99 Å². The summed E-state index contributed by atoms with van der Waals surface area (Å²) in [4.78, 5) is 4.25. The molecule has 1 aliphatic heterocycles. The Morgan fingerprint density at radius 1 is 1.23 bits per heavy atom. The fourth-order valence-corrected chi connectivity index (χ4v) is 5.03. The van der Waals surface area contributed by atoms with Crippen molar-refractivity contribution in [1.29, 1.82) is 0 Å². The van der Waals surface area contributed by atoms with Crippen LogP contribution in [0.1, 0.15) is 44.4 Å². The number of halogens is 1. The minimum Gasteiger partial charge on any atom is -0.356 e. The molecule has 148 valence electrons. The molecule has 1 saturated heterocycles. The Labute approximate surface area is 175 Å². The van der Waals surface area contributed by atoms with E-state index in [1.165, 1.54) is 11.1 Å². The summed E-state index contributed by atoms with van der Waals surface area (Å²) < 4.78 is 23.1. The maximum Gasteiger partial charge on any atom is 0.191 e. The van der Waals surface area contributed by atoms with Crippen molar-refractivity contribution in [3.8, 4) is 0 Å². The molecule has 0 amide bonds. The van der Waals surface area contributed by atoms with E-state index in [0.29, 0.717) is 24.2 Å². The van der Waals surface area contributed by atoms with Crippen LogP contribution in [-0.4, -0.2) is 39.5 Å². The normalized spacial score (nSPS) is 20.5. The molecular weight excluding hydrogens is 461 g/mol. The maximum atomic E-state index is 11.5. The van der Waals surface area contributed by atoms with Crippen molar-refractivity contribution in [3.05, 3.63) is 35.4 Å². The highest BCUT2D eigenvalue weighted by atomic mass is 127. The Balaban J connectivity index is 0.00000338. The minimum absolute atomic E-state index is 0. The number of guanidine groups is 1. The first-order valence-corrected chi connectivity index (χ1v) is 10.9. The second-order valence-electron chi connectivity index (χ2n) is 7.43. The molecule has 2 N–H and O–H groups in total. The topological polar surface area (TPSA) is 70.6 Å². The van der Waals surface area contributed by atoms with E-state index >= 15 is 0 Å². The fraction of sp³-hybridized carbons (Fsp3) is 0.632. The van der Waals surface area contributed by atoms with Gasteiger partial charge in [-0.05, 0) is 42.7 Å². The molecular formula is C19H32IN3O2S. The first-order chi connectivity index (χ1) is 11.8. The zero-order valence-electron chi connectivity index (χ0n) is 16.2. The van der Waals surface area contributed by atoms with Crippen LogP contribution in [0.5, 0.6) is 0 Å². The van der Waals surface area contributed by atoms with Crippen LogP contribution in [0.25, 0.3) is 0 Å². The summed E-state index contributed by atoms with van der Waals surface area (Å²) in [6, 6.07) is 8.82.